The van der Waals surface area contributed by atoms with E-state index < -0.39 is 0 Å². The fourth-order valence-electron chi connectivity index (χ4n) is 1.66. The summed E-state index contributed by atoms with van der Waals surface area (Å²) in [5.41, 5.74) is 3.78. The molecule has 0 saturated heterocycles. The summed E-state index contributed by atoms with van der Waals surface area (Å²) in [5, 5.41) is 1.28. The zero-order valence-corrected chi connectivity index (χ0v) is 10.9. The van der Waals surface area contributed by atoms with Crippen LogP contribution < -0.4 is 0 Å². The Bertz CT molecular complexity index is 458. The lowest BCUT2D eigenvalue weighted by molar-refractivity contribution is 0.868. The summed E-state index contributed by atoms with van der Waals surface area (Å²) in [7, 11) is 0. The summed E-state index contributed by atoms with van der Waals surface area (Å²) in [6.07, 6.45) is 1.87. The second-order valence-corrected chi connectivity index (χ2v) is 4.06. The van der Waals surface area contributed by atoms with Crippen LogP contribution in [-0.4, -0.2) is 4.98 Å². The minimum Gasteiger partial charge on any atom is -0.256 e. The molecule has 0 saturated carbocycles. The second-order valence-electron chi connectivity index (χ2n) is 4.06. The summed E-state index contributed by atoms with van der Waals surface area (Å²) in [6, 6.07) is 8.59. The number of hydrogen-bond donors (Lipinski definition) is 0. The molecule has 0 radical (unpaired) electrons. The van der Waals surface area contributed by atoms with Crippen LogP contribution >= 0.6 is 0 Å². The summed E-state index contributed by atoms with van der Waals surface area (Å²) in [5.74, 6) is 0.582. The van der Waals surface area contributed by atoms with E-state index in [9.17, 15) is 0 Å². The van der Waals surface area contributed by atoms with Crippen LogP contribution in [0, 0.1) is 6.92 Å². The predicted octanol–water partition coefficient (Wildman–Crippen LogP) is 4.69. The third kappa shape index (κ3) is 2.60. The van der Waals surface area contributed by atoms with Gasteiger partial charge in [0.15, 0.2) is 0 Å². The lowest BCUT2D eigenvalue weighted by atomic mass is 9.99. The van der Waals surface area contributed by atoms with E-state index in [-0.39, 0.29) is 0 Å². The largest absolute Gasteiger partial charge is 0.256 e. The molecule has 1 heterocycles. The number of pyridine rings is 1. The predicted molar refractivity (Wildman–Crippen MR) is 71.9 cm³/mol. The van der Waals surface area contributed by atoms with Crippen LogP contribution in [-0.2, 0) is 0 Å². The van der Waals surface area contributed by atoms with Gasteiger partial charge in [0.25, 0.3) is 0 Å². The van der Waals surface area contributed by atoms with Crippen LogP contribution in [0.1, 0.15) is 44.7 Å². The van der Waals surface area contributed by atoms with E-state index in [2.05, 4.69) is 50.0 Å². The summed E-state index contributed by atoms with van der Waals surface area (Å²) in [4.78, 5) is 4.34. The van der Waals surface area contributed by atoms with E-state index in [1.165, 1.54) is 16.5 Å². The number of fused-ring (bicyclic) bond motifs is 1. The summed E-state index contributed by atoms with van der Waals surface area (Å²) in [6.45, 7) is 10.6. The van der Waals surface area contributed by atoms with Crippen molar-refractivity contribution in [2.75, 3.05) is 0 Å². The minimum atomic E-state index is 0.582. The average molecular weight is 215 g/mol. The molecule has 1 aromatic heterocycles. The van der Waals surface area contributed by atoms with Gasteiger partial charge in [0.05, 0.1) is 5.52 Å². The molecule has 0 atom stereocenters. The summed E-state index contributed by atoms with van der Waals surface area (Å²) < 4.78 is 0. The standard InChI is InChI=1S/C13H15N.C2H6/c1-9(2)11-4-5-13-12(8-11)10(3)6-7-14-13;1-2/h4-9H,1-3H3;1-2H3. The Morgan fingerprint density at radius 2 is 1.75 bits per heavy atom. The zero-order valence-electron chi connectivity index (χ0n) is 10.9. The van der Waals surface area contributed by atoms with Gasteiger partial charge in [0.2, 0.25) is 0 Å². The Hall–Kier alpha value is -1.37. The first-order valence-corrected chi connectivity index (χ1v) is 6.04. The molecule has 1 aromatic carbocycles. The highest BCUT2D eigenvalue weighted by atomic mass is 14.6. The van der Waals surface area contributed by atoms with Gasteiger partial charge in [-0.15, -0.1) is 0 Å². The molecule has 1 nitrogen and oxygen atoms in total. The van der Waals surface area contributed by atoms with E-state index in [1.54, 1.807) is 0 Å². The van der Waals surface area contributed by atoms with Crippen molar-refractivity contribution in [2.45, 2.75) is 40.5 Å². The van der Waals surface area contributed by atoms with Crippen molar-refractivity contribution in [1.82, 2.24) is 4.98 Å². The van der Waals surface area contributed by atoms with Gasteiger partial charge in [0, 0.05) is 11.6 Å². The van der Waals surface area contributed by atoms with E-state index in [1.807, 2.05) is 20.0 Å². The van der Waals surface area contributed by atoms with Gasteiger partial charge < -0.3 is 0 Å². The molecule has 2 aromatic rings. The van der Waals surface area contributed by atoms with Gasteiger partial charge in [-0.3, -0.25) is 4.98 Å². The topological polar surface area (TPSA) is 12.9 Å². The molecule has 0 spiro atoms. The Balaban J connectivity index is 0.000000606. The maximum absolute atomic E-state index is 4.34. The molecule has 1 heteroatoms. The number of nitrogens with zero attached hydrogens (tertiary/aromatic N) is 1. The highest BCUT2D eigenvalue weighted by molar-refractivity contribution is 5.82. The van der Waals surface area contributed by atoms with Crippen LogP contribution in [0.15, 0.2) is 30.5 Å². The Labute approximate surface area is 98.5 Å². The van der Waals surface area contributed by atoms with Crippen molar-refractivity contribution in [3.05, 3.63) is 41.6 Å². The SMILES string of the molecule is CC.Cc1ccnc2ccc(C(C)C)cc12. The van der Waals surface area contributed by atoms with Crippen molar-refractivity contribution < 1.29 is 0 Å². The molecular formula is C15H21N. The van der Waals surface area contributed by atoms with E-state index in [0.29, 0.717) is 5.92 Å². The normalized spacial score (nSPS) is 10.1. The van der Waals surface area contributed by atoms with Gasteiger partial charge in [-0.1, -0.05) is 33.8 Å². The first kappa shape index (κ1) is 12.7. The average Bonchev–Trinajstić information content (AvgIpc) is 2.32. The fraction of sp³-hybridized carbons (Fsp3) is 0.400. The fourth-order valence-corrected chi connectivity index (χ4v) is 1.66. The molecular weight excluding hydrogens is 194 g/mol. The molecule has 0 aliphatic heterocycles. The number of aromatic nitrogens is 1. The Morgan fingerprint density at radius 3 is 2.38 bits per heavy atom. The molecule has 0 fully saturated rings. The number of aryl methyl sites for hydroxylation is 1. The third-order valence-corrected chi connectivity index (χ3v) is 2.65. The van der Waals surface area contributed by atoms with Crippen molar-refractivity contribution >= 4 is 10.9 Å². The van der Waals surface area contributed by atoms with Crippen LogP contribution in [0.3, 0.4) is 0 Å². The second kappa shape index (κ2) is 5.64. The molecule has 0 N–H and O–H groups in total. The van der Waals surface area contributed by atoms with Crippen LogP contribution in [0.4, 0.5) is 0 Å². The molecule has 86 valence electrons. The number of benzene rings is 1. The minimum absolute atomic E-state index is 0.582. The van der Waals surface area contributed by atoms with Gasteiger partial charge in [0.1, 0.15) is 0 Å². The van der Waals surface area contributed by atoms with Gasteiger partial charge in [-0.25, -0.2) is 0 Å². The molecule has 16 heavy (non-hydrogen) atoms. The zero-order chi connectivity index (χ0) is 12.1. The molecule has 0 aliphatic carbocycles. The first-order valence-electron chi connectivity index (χ1n) is 6.04. The van der Waals surface area contributed by atoms with Crippen LogP contribution in [0.2, 0.25) is 0 Å². The lowest BCUT2D eigenvalue weighted by Gasteiger charge is -2.07. The smallest absolute Gasteiger partial charge is 0.0704 e. The van der Waals surface area contributed by atoms with Crippen molar-refractivity contribution in [3.63, 3.8) is 0 Å². The van der Waals surface area contributed by atoms with Gasteiger partial charge in [-0.2, -0.15) is 0 Å². The van der Waals surface area contributed by atoms with Gasteiger partial charge >= 0.3 is 0 Å². The van der Waals surface area contributed by atoms with Gasteiger partial charge in [-0.05, 0) is 42.2 Å². The number of hydrogen-bond acceptors (Lipinski definition) is 1. The van der Waals surface area contributed by atoms with Crippen molar-refractivity contribution in [1.29, 1.82) is 0 Å². The lowest BCUT2D eigenvalue weighted by Crippen LogP contribution is -1.89. The Kier molecular flexibility index (Phi) is 4.48. The molecule has 0 unspecified atom stereocenters. The molecule has 0 bridgehead atoms. The van der Waals surface area contributed by atoms with Crippen LogP contribution in [0.25, 0.3) is 10.9 Å². The maximum Gasteiger partial charge on any atom is 0.0704 e. The highest BCUT2D eigenvalue weighted by Crippen LogP contribution is 2.22. The summed E-state index contributed by atoms with van der Waals surface area (Å²) >= 11 is 0. The maximum atomic E-state index is 4.34. The first-order chi connectivity index (χ1) is 7.68. The van der Waals surface area contributed by atoms with E-state index in [0.717, 1.165) is 5.52 Å². The third-order valence-electron chi connectivity index (χ3n) is 2.65. The van der Waals surface area contributed by atoms with Crippen LogP contribution in [0.5, 0.6) is 0 Å². The van der Waals surface area contributed by atoms with Crippen molar-refractivity contribution in [3.8, 4) is 0 Å². The molecule has 2 rings (SSSR count). The van der Waals surface area contributed by atoms with Crippen molar-refractivity contribution in [2.24, 2.45) is 0 Å². The van der Waals surface area contributed by atoms with E-state index >= 15 is 0 Å². The monoisotopic (exact) mass is 215 g/mol. The quantitative estimate of drug-likeness (QED) is 0.672. The molecule has 0 aliphatic rings. The highest BCUT2D eigenvalue weighted by Gasteiger charge is 2.02. The number of rotatable bonds is 1. The van der Waals surface area contributed by atoms with E-state index in [4.69, 9.17) is 0 Å². The Morgan fingerprint density at radius 1 is 1.06 bits per heavy atom. The molecule has 0 amide bonds.